The molecular weight excluding hydrogens is 384 g/mol. The van der Waals surface area contributed by atoms with Crippen molar-refractivity contribution in [2.24, 2.45) is 0 Å². The van der Waals surface area contributed by atoms with Gasteiger partial charge in [0.1, 0.15) is 5.82 Å². The summed E-state index contributed by atoms with van der Waals surface area (Å²) in [6.07, 6.45) is 1.58. The van der Waals surface area contributed by atoms with Gasteiger partial charge in [0.05, 0.1) is 11.1 Å². The second kappa shape index (κ2) is 6.38. The molecule has 150 valence electrons. The molecule has 1 aliphatic carbocycles. The number of ether oxygens (including phenoxy) is 4. The third kappa shape index (κ3) is 2.74. The fourth-order valence-electron chi connectivity index (χ4n) is 3.92. The maximum atomic E-state index is 13.1. The average molecular weight is 402 g/mol. The number of carbonyl (C=O) groups is 1. The predicted molar refractivity (Wildman–Crippen MR) is 108 cm³/mol. The summed E-state index contributed by atoms with van der Waals surface area (Å²) < 4.78 is 21.7. The molecule has 1 amide bonds. The van der Waals surface area contributed by atoms with E-state index in [0.29, 0.717) is 23.1 Å². The Morgan fingerprint density at radius 3 is 2.30 bits per heavy atom. The Kier molecular flexibility index (Phi) is 3.65. The topological polar surface area (TPSA) is 78.9 Å². The molecule has 1 N–H and O–H groups in total. The number of fused-ring (bicyclic) bond motifs is 2. The molecule has 3 aliphatic rings. The Bertz CT molecular complexity index is 1170. The Morgan fingerprint density at radius 1 is 0.833 bits per heavy atom. The molecule has 0 radical (unpaired) electrons. The van der Waals surface area contributed by atoms with Crippen LogP contribution in [0, 0.1) is 0 Å². The lowest BCUT2D eigenvalue weighted by atomic mass is 9.94. The molecule has 7 heteroatoms. The molecule has 0 spiro atoms. The fraction of sp³-hybridized carbons (Fsp3) is 0.217. The van der Waals surface area contributed by atoms with Crippen LogP contribution in [-0.4, -0.2) is 24.5 Å². The molecule has 1 aromatic heterocycles. The van der Waals surface area contributed by atoms with E-state index in [1.807, 2.05) is 48.5 Å². The van der Waals surface area contributed by atoms with Crippen LogP contribution in [0.15, 0.2) is 54.6 Å². The Hall–Kier alpha value is -3.74. The molecule has 0 bridgehead atoms. The van der Waals surface area contributed by atoms with Crippen molar-refractivity contribution in [1.82, 2.24) is 4.98 Å². The first-order valence-corrected chi connectivity index (χ1v) is 9.80. The summed E-state index contributed by atoms with van der Waals surface area (Å²) >= 11 is 0. The molecule has 1 saturated carbocycles. The van der Waals surface area contributed by atoms with E-state index in [9.17, 15) is 4.79 Å². The molecule has 6 rings (SSSR count). The normalized spacial score (nSPS) is 16.9. The second-order valence-corrected chi connectivity index (χ2v) is 7.58. The maximum absolute atomic E-state index is 13.1. The number of aromatic nitrogens is 1. The number of nitrogens with zero attached hydrogens (tertiary/aromatic N) is 1. The van der Waals surface area contributed by atoms with Crippen molar-refractivity contribution in [3.05, 3.63) is 60.2 Å². The van der Waals surface area contributed by atoms with Crippen LogP contribution in [0.4, 0.5) is 5.82 Å². The summed E-state index contributed by atoms with van der Waals surface area (Å²) in [6.45, 7) is 0.443. The van der Waals surface area contributed by atoms with E-state index < -0.39 is 5.41 Å². The summed E-state index contributed by atoms with van der Waals surface area (Å²) in [5.74, 6) is 3.28. The Morgan fingerprint density at radius 2 is 1.53 bits per heavy atom. The van der Waals surface area contributed by atoms with Gasteiger partial charge in [-0.05, 0) is 60.9 Å². The van der Waals surface area contributed by atoms with E-state index >= 15 is 0 Å². The molecule has 2 aliphatic heterocycles. The van der Waals surface area contributed by atoms with Gasteiger partial charge in [-0.1, -0.05) is 12.1 Å². The van der Waals surface area contributed by atoms with Gasteiger partial charge in [0, 0.05) is 5.56 Å². The van der Waals surface area contributed by atoms with Gasteiger partial charge in [0.2, 0.25) is 19.5 Å². The lowest BCUT2D eigenvalue weighted by Gasteiger charge is -2.16. The molecule has 1 fully saturated rings. The summed E-state index contributed by atoms with van der Waals surface area (Å²) in [5, 5.41) is 3.00. The number of nitrogens with one attached hydrogen (secondary N) is 1. The predicted octanol–water partition coefficient (Wildman–Crippen LogP) is 3.88. The third-order valence-corrected chi connectivity index (χ3v) is 5.77. The minimum Gasteiger partial charge on any atom is -0.454 e. The first-order valence-electron chi connectivity index (χ1n) is 9.80. The standard InChI is InChI=1S/C23H18N2O5/c26-22(23(8-9-23)15-5-7-18-20(11-15)30-13-28-18)25-21-3-1-2-16(24-21)14-4-6-17-19(10-14)29-12-27-17/h1-7,10-11H,8-9,12-13H2,(H,24,25,26). The summed E-state index contributed by atoms with van der Waals surface area (Å²) in [5.41, 5.74) is 2.04. The molecule has 0 saturated heterocycles. The summed E-state index contributed by atoms with van der Waals surface area (Å²) in [6, 6.07) is 17.0. The number of carbonyl (C=O) groups excluding carboxylic acids is 1. The quantitative estimate of drug-likeness (QED) is 0.714. The van der Waals surface area contributed by atoms with E-state index in [1.54, 1.807) is 6.07 Å². The van der Waals surface area contributed by atoms with Crippen LogP contribution < -0.4 is 24.3 Å². The number of hydrogen-bond donors (Lipinski definition) is 1. The van der Waals surface area contributed by atoms with Crippen molar-refractivity contribution >= 4 is 11.7 Å². The minimum atomic E-state index is -0.544. The Balaban J connectivity index is 1.25. The average Bonchev–Trinajstić information content (AvgIpc) is 3.23. The number of pyridine rings is 1. The smallest absolute Gasteiger partial charge is 0.236 e. The van der Waals surface area contributed by atoms with E-state index in [2.05, 4.69) is 10.3 Å². The second-order valence-electron chi connectivity index (χ2n) is 7.58. The number of amides is 1. The summed E-state index contributed by atoms with van der Waals surface area (Å²) in [7, 11) is 0. The van der Waals surface area contributed by atoms with Crippen LogP contribution in [0.2, 0.25) is 0 Å². The fourth-order valence-corrected chi connectivity index (χ4v) is 3.92. The zero-order valence-electron chi connectivity index (χ0n) is 16.0. The summed E-state index contributed by atoms with van der Waals surface area (Å²) in [4.78, 5) is 17.8. The van der Waals surface area contributed by atoms with Gasteiger partial charge in [0.15, 0.2) is 23.0 Å². The van der Waals surface area contributed by atoms with Crippen LogP contribution in [-0.2, 0) is 10.2 Å². The lowest BCUT2D eigenvalue weighted by molar-refractivity contribution is -0.118. The zero-order chi connectivity index (χ0) is 20.1. The van der Waals surface area contributed by atoms with E-state index in [0.717, 1.165) is 35.4 Å². The van der Waals surface area contributed by atoms with Gasteiger partial charge in [-0.15, -0.1) is 0 Å². The van der Waals surface area contributed by atoms with Gasteiger partial charge in [-0.25, -0.2) is 4.98 Å². The van der Waals surface area contributed by atoms with Gasteiger partial charge >= 0.3 is 0 Å². The van der Waals surface area contributed by atoms with Gasteiger partial charge in [-0.2, -0.15) is 0 Å². The van der Waals surface area contributed by atoms with Crippen molar-refractivity contribution in [2.45, 2.75) is 18.3 Å². The number of benzene rings is 2. The molecule has 2 aromatic carbocycles. The van der Waals surface area contributed by atoms with Crippen molar-refractivity contribution in [3.63, 3.8) is 0 Å². The number of hydrogen-bond acceptors (Lipinski definition) is 6. The third-order valence-electron chi connectivity index (χ3n) is 5.77. The van der Waals surface area contributed by atoms with E-state index in [1.165, 1.54) is 0 Å². The van der Waals surface area contributed by atoms with Crippen LogP contribution >= 0.6 is 0 Å². The monoisotopic (exact) mass is 402 g/mol. The van der Waals surface area contributed by atoms with Crippen LogP contribution in [0.5, 0.6) is 23.0 Å². The van der Waals surface area contributed by atoms with E-state index in [-0.39, 0.29) is 19.5 Å². The van der Waals surface area contributed by atoms with Crippen molar-refractivity contribution in [1.29, 1.82) is 0 Å². The van der Waals surface area contributed by atoms with Crippen LogP contribution in [0.25, 0.3) is 11.3 Å². The van der Waals surface area contributed by atoms with Gasteiger partial charge in [-0.3, -0.25) is 4.79 Å². The highest BCUT2D eigenvalue weighted by atomic mass is 16.7. The number of anilines is 1. The molecule has 0 unspecified atom stereocenters. The lowest BCUT2D eigenvalue weighted by Crippen LogP contribution is -2.28. The van der Waals surface area contributed by atoms with Crippen LogP contribution in [0.3, 0.4) is 0 Å². The van der Waals surface area contributed by atoms with Crippen molar-refractivity contribution in [3.8, 4) is 34.3 Å². The van der Waals surface area contributed by atoms with Gasteiger partial charge < -0.3 is 24.3 Å². The zero-order valence-corrected chi connectivity index (χ0v) is 16.0. The molecule has 7 nitrogen and oxygen atoms in total. The SMILES string of the molecule is O=C(Nc1cccc(-c2ccc3c(c2)OCO3)n1)C1(c2ccc3c(c2)OCO3)CC1. The van der Waals surface area contributed by atoms with Crippen molar-refractivity contribution in [2.75, 3.05) is 18.9 Å². The Labute approximate surface area is 172 Å². The van der Waals surface area contributed by atoms with Gasteiger partial charge in [0.25, 0.3) is 0 Å². The first-order chi connectivity index (χ1) is 14.7. The molecule has 3 heterocycles. The van der Waals surface area contributed by atoms with Crippen molar-refractivity contribution < 1.29 is 23.7 Å². The highest BCUT2D eigenvalue weighted by molar-refractivity contribution is 6.01. The number of rotatable bonds is 4. The highest BCUT2D eigenvalue weighted by Gasteiger charge is 2.51. The maximum Gasteiger partial charge on any atom is 0.236 e. The molecule has 3 aromatic rings. The largest absolute Gasteiger partial charge is 0.454 e. The molecule has 0 atom stereocenters. The molecular formula is C23H18N2O5. The molecule has 30 heavy (non-hydrogen) atoms. The van der Waals surface area contributed by atoms with E-state index in [4.69, 9.17) is 18.9 Å². The highest BCUT2D eigenvalue weighted by Crippen LogP contribution is 2.51. The first kappa shape index (κ1) is 17.1. The minimum absolute atomic E-state index is 0.0586. The van der Waals surface area contributed by atoms with Crippen LogP contribution in [0.1, 0.15) is 18.4 Å².